The van der Waals surface area contributed by atoms with Crippen LogP contribution in [0, 0.1) is 0 Å². The first-order valence-electron chi connectivity index (χ1n) is 8.66. The Labute approximate surface area is 178 Å². The first kappa shape index (κ1) is 23.2. The monoisotopic (exact) mass is 485 g/mol. The third-order valence-electron chi connectivity index (χ3n) is 3.64. The van der Waals surface area contributed by atoms with E-state index in [1.165, 1.54) is 0 Å². The second kappa shape index (κ2) is 13.3. The molecule has 0 aromatic heterocycles. The van der Waals surface area contributed by atoms with E-state index in [4.69, 9.17) is 19.9 Å². The molecule has 2 aromatic rings. The molecule has 148 valence electrons. The zero-order valence-corrected chi connectivity index (χ0v) is 18.1. The van der Waals surface area contributed by atoms with Gasteiger partial charge in [0.2, 0.25) is 0 Å². The molecule has 0 spiro atoms. The van der Waals surface area contributed by atoms with Crippen molar-refractivity contribution in [3.63, 3.8) is 0 Å². The smallest absolute Gasteiger partial charge is 0.193 e. The van der Waals surface area contributed by atoms with E-state index in [9.17, 15) is 0 Å². The van der Waals surface area contributed by atoms with Crippen molar-refractivity contribution in [3.05, 3.63) is 59.7 Å². The summed E-state index contributed by atoms with van der Waals surface area (Å²) in [6.07, 6.45) is 0. The van der Waals surface area contributed by atoms with Gasteiger partial charge in [0.25, 0.3) is 0 Å². The van der Waals surface area contributed by atoms with Crippen molar-refractivity contribution in [1.29, 1.82) is 0 Å². The lowest BCUT2D eigenvalue weighted by Gasteiger charge is -2.10. The SMILES string of the molecule is CCOCCOCc1cccc(CN=C(N)Nc2ccccc2OC)c1.I. The zero-order chi connectivity index (χ0) is 18.6. The molecule has 2 rings (SSSR count). The number of hydrogen-bond donors (Lipinski definition) is 2. The number of para-hydroxylation sites is 2. The van der Waals surface area contributed by atoms with E-state index in [-0.39, 0.29) is 24.0 Å². The molecule has 6 nitrogen and oxygen atoms in total. The molecule has 27 heavy (non-hydrogen) atoms. The predicted octanol–water partition coefficient (Wildman–Crippen LogP) is 3.79. The minimum absolute atomic E-state index is 0. The molecule has 0 atom stereocenters. The van der Waals surface area contributed by atoms with Gasteiger partial charge in [0.15, 0.2) is 5.96 Å². The summed E-state index contributed by atoms with van der Waals surface area (Å²) in [6, 6.07) is 15.7. The predicted molar refractivity (Wildman–Crippen MR) is 120 cm³/mol. The third-order valence-corrected chi connectivity index (χ3v) is 3.64. The Morgan fingerprint density at radius 2 is 1.78 bits per heavy atom. The minimum atomic E-state index is 0. The Hall–Kier alpha value is -1.84. The van der Waals surface area contributed by atoms with Crippen LogP contribution in [-0.4, -0.2) is 32.9 Å². The van der Waals surface area contributed by atoms with Crippen molar-refractivity contribution in [1.82, 2.24) is 0 Å². The van der Waals surface area contributed by atoms with Crippen LogP contribution in [0.3, 0.4) is 0 Å². The largest absolute Gasteiger partial charge is 0.495 e. The maximum atomic E-state index is 5.99. The number of aliphatic imine (C=N–C) groups is 1. The lowest BCUT2D eigenvalue weighted by molar-refractivity contribution is 0.0453. The van der Waals surface area contributed by atoms with Gasteiger partial charge in [-0.3, -0.25) is 0 Å². The van der Waals surface area contributed by atoms with Gasteiger partial charge in [-0.25, -0.2) is 4.99 Å². The van der Waals surface area contributed by atoms with Crippen LogP contribution < -0.4 is 15.8 Å². The normalized spacial score (nSPS) is 11.0. The first-order chi connectivity index (χ1) is 12.7. The van der Waals surface area contributed by atoms with Crippen LogP contribution in [0.4, 0.5) is 5.69 Å². The molecule has 0 aliphatic carbocycles. The molecular formula is C20H28IN3O3. The first-order valence-corrected chi connectivity index (χ1v) is 8.66. The average molecular weight is 485 g/mol. The lowest BCUT2D eigenvalue weighted by atomic mass is 10.1. The van der Waals surface area contributed by atoms with Gasteiger partial charge in [-0.15, -0.1) is 24.0 Å². The van der Waals surface area contributed by atoms with Crippen LogP contribution in [-0.2, 0) is 22.6 Å². The van der Waals surface area contributed by atoms with E-state index in [2.05, 4.69) is 16.4 Å². The quantitative estimate of drug-likeness (QED) is 0.232. The van der Waals surface area contributed by atoms with Gasteiger partial charge in [-0.2, -0.15) is 0 Å². The number of ether oxygens (including phenoxy) is 3. The van der Waals surface area contributed by atoms with E-state index in [0.717, 1.165) is 22.6 Å². The number of nitrogens with zero attached hydrogens (tertiary/aromatic N) is 1. The molecule has 3 N–H and O–H groups in total. The molecule has 0 aliphatic rings. The summed E-state index contributed by atoms with van der Waals surface area (Å²) in [4.78, 5) is 4.39. The highest BCUT2D eigenvalue weighted by atomic mass is 127. The molecule has 0 bridgehead atoms. The maximum absolute atomic E-state index is 5.99. The second-order valence-electron chi connectivity index (χ2n) is 5.60. The minimum Gasteiger partial charge on any atom is -0.495 e. The van der Waals surface area contributed by atoms with Crippen molar-refractivity contribution >= 4 is 35.6 Å². The van der Waals surface area contributed by atoms with E-state index >= 15 is 0 Å². The summed E-state index contributed by atoms with van der Waals surface area (Å²) in [5.74, 6) is 1.06. The number of guanidine groups is 1. The Kier molecular flexibility index (Phi) is 11.5. The molecule has 0 unspecified atom stereocenters. The van der Waals surface area contributed by atoms with Gasteiger partial charge in [0, 0.05) is 6.61 Å². The topological polar surface area (TPSA) is 78.1 Å². The van der Waals surface area contributed by atoms with Gasteiger partial charge in [0.1, 0.15) is 5.75 Å². The van der Waals surface area contributed by atoms with E-state index < -0.39 is 0 Å². The Balaban J connectivity index is 0.00000364. The van der Waals surface area contributed by atoms with Crippen molar-refractivity contribution < 1.29 is 14.2 Å². The van der Waals surface area contributed by atoms with Gasteiger partial charge in [-0.1, -0.05) is 36.4 Å². The van der Waals surface area contributed by atoms with E-state index in [0.29, 0.717) is 38.9 Å². The van der Waals surface area contributed by atoms with E-state index in [1.54, 1.807) is 7.11 Å². The lowest BCUT2D eigenvalue weighted by Crippen LogP contribution is -2.22. The number of rotatable bonds is 10. The Bertz CT molecular complexity index is 710. The maximum Gasteiger partial charge on any atom is 0.193 e. The van der Waals surface area contributed by atoms with Crippen molar-refractivity contribution in [2.45, 2.75) is 20.1 Å². The third kappa shape index (κ3) is 8.59. The standard InChI is InChI=1S/C20H27N3O3.HI/c1-3-25-11-12-26-15-17-8-6-7-16(13-17)14-22-20(21)23-18-9-4-5-10-19(18)24-2;/h4-10,13H,3,11-12,14-15H2,1-2H3,(H3,21,22,23);1H. The van der Waals surface area contributed by atoms with Crippen LogP contribution in [0.5, 0.6) is 5.75 Å². The molecule has 0 saturated carbocycles. The molecule has 0 saturated heterocycles. The summed E-state index contributed by atoms with van der Waals surface area (Å²) in [6.45, 7) is 4.93. The number of methoxy groups -OCH3 is 1. The number of nitrogens with one attached hydrogen (secondary N) is 1. The number of halogens is 1. The fourth-order valence-corrected chi connectivity index (χ4v) is 2.37. The molecule has 2 aromatic carbocycles. The highest BCUT2D eigenvalue weighted by Gasteiger charge is 2.02. The number of anilines is 1. The van der Waals surface area contributed by atoms with Crippen LogP contribution in [0.15, 0.2) is 53.5 Å². The molecule has 0 heterocycles. The highest BCUT2D eigenvalue weighted by Crippen LogP contribution is 2.22. The molecule has 0 radical (unpaired) electrons. The molecule has 7 heteroatoms. The van der Waals surface area contributed by atoms with Gasteiger partial charge >= 0.3 is 0 Å². The van der Waals surface area contributed by atoms with Crippen LogP contribution in [0.2, 0.25) is 0 Å². The molecule has 0 amide bonds. The fraction of sp³-hybridized carbons (Fsp3) is 0.350. The van der Waals surface area contributed by atoms with Gasteiger partial charge in [0.05, 0.1) is 39.2 Å². The summed E-state index contributed by atoms with van der Waals surface area (Å²) < 4.78 is 16.1. The van der Waals surface area contributed by atoms with Crippen molar-refractivity contribution in [2.75, 3.05) is 32.2 Å². The summed E-state index contributed by atoms with van der Waals surface area (Å²) in [5.41, 5.74) is 8.94. The van der Waals surface area contributed by atoms with Crippen LogP contribution in [0.1, 0.15) is 18.1 Å². The van der Waals surface area contributed by atoms with Crippen molar-refractivity contribution in [3.8, 4) is 5.75 Å². The highest BCUT2D eigenvalue weighted by molar-refractivity contribution is 14.0. The number of hydrogen-bond acceptors (Lipinski definition) is 4. The molecular weight excluding hydrogens is 457 g/mol. The van der Waals surface area contributed by atoms with Gasteiger partial charge < -0.3 is 25.3 Å². The second-order valence-corrected chi connectivity index (χ2v) is 5.60. The molecule has 0 aliphatic heterocycles. The Morgan fingerprint density at radius 1 is 1.04 bits per heavy atom. The van der Waals surface area contributed by atoms with Gasteiger partial charge in [-0.05, 0) is 30.2 Å². The zero-order valence-electron chi connectivity index (χ0n) is 15.8. The average Bonchev–Trinajstić information content (AvgIpc) is 2.67. The Morgan fingerprint density at radius 3 is 2.56 bits per heavy atom. The van der Waals surface area contributed by atoms with Crippen LogP contribution >= 0.6 is 24.0 Å². The fourth-order valence-electron chi connectivity index (χ4n) is 2.37. The van der Waals surface area contributed by atoms with Crippen LogP contribution in [0.25, 0.3) is 0 Å². The summed E-state index contributed by atoms with van der Waals surface area (Å²) >= 11 is 0. The van der Waals surface area contributed by atoms with E-state index in [1.807, 2.05) is 49.4 Å². The summed E-state index contributed by atoms with van der Waals surface area (Å²) in [7, 11) is 1.62. The van der Waals surface area contributed by atoms with Crippen molar-refractivity contribution in [2.24, 2.45) is 10.7 Å². The number of benzene rings is 2. The molecule has 0 fully saturated rings. The summed E-state index contributed by atoms with van der Waals surface area (Å²) in [5, 5.41) is 3.06. The number of nitrogens with two attached hydrogens (primary N) is 1.